The van der Waals surface area contributed by atoms with Gasteiger partial charge in [0.1, 0.15) is 5.82 Å². The first-order valence-electron chi connectivity index (χ1n) is 6.12. The van der Waals surface area contributed by atoms with Crippen LogP contribution >= 0.6 is 0 Å². The molecule has 22 heavy (non-hydrogen) atoms. The average Bonchev–Trinajstić information content (AvgIpc) is 3.05. The summed E-state index contributed by atoms with van der Waals surface area (Å²) >= 11 is 0. The average molecular weight is 306 g/mol. The second kappa shape index (κ2) is 7.02. The van der Waals surface area contributed by atoms with Crippen molar-refractivity contribution >= 4 is 17.8 Å². The number of esters is 1. The van der Waals surface area contributed by atoms with Crippen molar-refractivity contribution in [3.05, 3.63) is 59.8 Å². The monoisotopic (exact) mass is 306 g/mol. The quantitative estimate of drug-likeness (QED) is 0.649. The lowest BCUT2D eigenvalue weighted by Gasteiger charge is -2.08. The lowest BCUT2D eigenvalue weighted by atomic mass is 10.2. The second-order valence-electron chi connectivity index (χ2n) is 4.04. The second-order valence-corrected chi connectivity index (χ2v) is 4.04. The summed E-state index contributed by atoms with van der Waals surface area (Å²) in [4.78, 5) is 34.4. The van der Waals surface area contributed by atoms with Crippen LogP contribution in [0.4, 0.5) is 4.39 Å². The number of carbonyl (C=O) groups excluding carboxylic acids is 3. The third kappa shape index (κ3) is 3.92. The van der Waals surface area contributed by atoms with E-state index in [0.717, 1.165) is 6.07 Å². The third-order valence-electron chi connectivity index (χ3n) is 2.49. The van der Waals surface area contributed by atoms with Crippen LogP contribution in [-0.2, 0) is 9.53 Å². The summed E-state index contributed by atoms with van der Waals surface area (Å²) < 4.78 is 22.7. The van der Waals surface area contributed by atoms with Crippen molar-refractivity contribution in [1.82, 2.24) is 10.9 Å². The molecule has 2 N–H and O–H groups in total. The molecule has 114 valence electrons. The molecule has 0 radical (unpaired) electrons. The Morgan fingerprint density at radius 1 is 1.09 bits per heavy atom. The maximum atomic E-state index is 13.3. The summed E-state index contributed by atoms with van der Waals surface area (Å²) in [5.74, 6) is -3.21. The fourth-order valence-corrected chi connectivity index (χ4v) is 1.47. The van der Waals surface area contributed by atoms with Gasteiger partial charge >= 0.3 is 5.97 Å². The van der Waals surface area contributed by atoms with Gasteiger partial charge in [-0.2, -0.15) is 0 Å². The van der Waals surface area contributed by atoms with Crippen LogP contribution in [0.5, 0.6) is 0 Å². The summed E-state index contributed by atoms with van der Waals surface area (Å²) in [5, 5.41) is 0. The molecule has 2 amide bonds. The van der Waals surface area contributed by atoms with Gasteiger partial charge in [-0.25, -0.2) is 9.18 Å². The van der Waals surface area contributed by atoms with Crippen LogP contribution in [0.15, 0.2) is 47.1 Å². The van der Waals surface area contributed by atoms with Crippen LogP contribution in [0.1, 0.15) is 20.9 Å². The Balaban J connectivity index is 1.77. The molecule has 1 aromatic heterocycles. The summed E-state index contributed by atoms with van der Waals surface area (Å²) in [7, 11) is 0. The first-order valence-corrected chi connectivity index (χ1v) is 6.12. The number of ether oxygens (including phenoxy) is 1. The lowest BCUT2D eigenvalue weighted by molar-refractivity contribution is -0.125. The molecule has 0 unspecified atom stereocenters. The highest BCUT2D eigenvalue weighted by atomic mass is 19.1. The Labute approximate surface area is 124 Å². The molecule has 0 saturated heterocycles. The first kappa shape index (κ1) is 15.2. The molecule has 8 heteroatoms. The number of nitrogens with one attached hydrogen (secondary N) is 2. The number of benzene rings is 1. The number of amides is 2. The minimum Gasteiger partial charge on any atom is -0.457 e. The molecule has 0 aliphatic rings. The molecule has 0 bridgehead atoms. The van der Waals surface area contributed by atoms with Crippen molar-refractivity contribution < 1.29 is 27.9 Å². The van der Waals surface area contributed by atoms with E-state index in [1.807, 2.05) is 10.9 Å². The van der Waals surface area contributed by atoms with E-state index in [-0.39, 0.29) is 11.3 Å². The van der Waals surface area contributed by atoms with E-state index in [1.54, 1.807) is 0 Å². The van der Waals surface area contributed by atoms with E-state index >= 15 is 0 Å². The van der Waals surface area contributed by atoms with E-state index in [0.29, 0.717) is 0 Å². The van der Waals surface area contributed by atoms with Gasteiger partial charge in [0.05, 0.1) is 11.8 Å². The van der Waals surface area contributed by atoms with Crippen molar-refractivity contribution in [2.45, 2.75) is 0 Å². The minimum absolute atomic E-state index is 0.0526. The predicted octanol–water partition coefficient (Wildman–Crippen LogP) is 1.04. The van der Waals surface area contributed by atoms with Crippen molar-refractivity contribution in [2.24, 2.45) is 0 Å². The molecule has 0 aliphatic heterocycles. The number of furan rings is 1. The summed E-state index contributed by atoms with van der Waals surface area (Å²) in [6.07, 6.45) is 1.28. The SMILES string of the molecule is O=C(COC(=O)c1ccco1)NNC(=O)c1ccccc1F. The van der Waals surface area contributed by atoms with Crippen molar-refractivity contribution in [3.63, 3.8) is 0 Å². The number of hydrogen-bond acceptors (Lipinski definition) is 5. The molecular formula is C14H11FN2O5. The van der Waals surface area contributed by atoms with E-state index < -0.39 is 30.2 Å². The molecule has 0 spiro atoms. The van der Waals surface area contributed by atoms with Crippen molar-refractivity contribution in [2.75, 3.05) is 6.61 Å². The first-order chi connectivity index (χ1) is 10.6. The zero-order valence-electron chi connectivity index (χ0n) is 11.2. The van der Waals surface area contributed by atoms with Crippen molar-refractivity contribution in [3.8, 4) is 0 Å². The van der Waals surface area contributed by atoms with Gasteiger partial charge in [-0.1, -0.05) is 12.1 Å². The maximum absolute atomic E-state index is 13.3. The van der Waals surface area contributed by atoms with Crippen LogP contribution in [-0.4, -0.2) is 24.4 Å². The minimum atomic E-state index is -0.830. The summed E-state index contributed by atoms with van der Waals surface area (Å²) in [6, 6.07) is 8.14. The molecule has 0 atom stereocenters. The molecule has 1 heterocycles. The van der Waals surface area contributed by atoms with Gasteiger partial charge in [0.2, 0.25) is 5.76 Å². The van der Waals surface area contributed by atoms with Crippen molar-refractivity contribution in [1.29, 1.82) is 0 Å². The Morgan fingerprint density at radius 3 is 2.55 bits per heavy atom. The maximum Gasteiger partial charge on any atom is 0.374 e. The highest BCUT2D eigenvalue weighted by molar-refractivity contribution is 5.96. The summed E-state index contributed by atoms with van der Waals surface area (Å²) in [6.45, 7) is -0.628. The van der Waals surface area contributed by atoms with Gasteiger partial charge in [0.15, 0.2) is 6.61 Å². The predicted molar refractivity (Wildman–Crippen MR) is 71.0 cm³/mol. The Morgan fingerprint density at radius 2 is 1.86 bits per heavy atom. The van der Waals surface area contributed by atoms with Crippen LogP contribution in [0.2, 0.25) is 0 Å². The lowest BCUT2D eigenvalue weighted by Crippen LogP contribution is -2.43. The Bertz CT molecular complexity index is 684. The van der Waals surface area contributed by atoms with Gasteiger partial charge in [-0.15, -0.1) is 0 Å². The fraction of sp³-hybridized carbons (Fsp3) is 0.0714. The largest absolute Gasteiger partial charge is 0.457 e. The zero-order valence-corrected chi connectivity index (χ0v) is 11.2. The third-order valence-corrected chi connectivity index (χ3v) is 2.49. The van der Waals surface area contributed by atoms with E-state index in [1.165, 1.54) is 36.6 Å². The Hall–Kier alpha value is -3.16. The smallest absolute Gasteiger partial charge is 0.374 e. The van der Waals surface area contributed by atoms with Gasteiger partial charge in [-0.3, -0.25) is 20.4 Å². The van der Waals surface area contributed by atoms with E-state index in [2.05, 4.69) is 4.74 Å². The number of hydrogen-bond donors (Lipinski definition) is 2. The molecule has 0 aliphatic carbocycles. The molecule has 0 fully saturated rings. The van der Waals surface area contributed by atoms with E-state index in [9.17, 15) is 18.8 Å². The van der Waals surface area contributed by atoms with Gasteiger partial charge in [-0.05, 0) is 24.3 Å². The number of carbonyl (C=O) groups is 3. The molecule has 2 rings (SSSR count). The van der Waals surface area contributed by atoms with Crippen LogP contribution < -0.4 is 10.9 Å². The molecule has 0 saturated carbocycles. The number of rotatable bonds is 4. The standard InChI is InChI=1S/C14H11FN2O5/c15-10-5-2-1-4-9(10)13(19)17-16-12(18)8-22-14(20)11-6-3-7-21-11/h1-7H,8H2,(H,16,18)(H,17,19). The molecular weight excluding hydrogens is 295 g/mol. The van der Waals surface area contributed by atoms with Gasteiger partial charge in [0, 0.05) is 0 Å². The highest BCUT2D eigenvalue weighted by Crippen LogP contribution is 2.05. The van der Waals surface area contributed by atoms with Gasteiger partial charge in [0.25, 0.3) is 11.8 Å². The number of halogens is 1. The number of hydrazine groups is 1. The van der Waals surface area contributed by atoms with Crippen LogP contribution in [0.3, 0.4) is 0 Å². The molecule has 1 aromatic carbocycles. The molecule has 2 aromatic rings. The topological polar surface area (TPSA) is 97.6 Å². The van der Waals surface area contributed by atoms with Crippen LogP contribution in [0, 0.1) is 5.82 Å². The van der Waals surface area contributed by atoms with E-state index in [4.69, 9.17) is 4.42 Å². The van der Waals surface area contributed by atoms with Gasteiger partial charge < -0.3 is 9.15 Å². The summed E-state index contributed by atoms with van der Waals surface area (Å²) in [5.41, 5.74) is 3.77. The highest BCUT2D eigenvalue weighted by Gasteiger charge is 2.14. The normalized spacial score (nSPS) is 9.86. The van der Waals surface area contributed by atoms with Crippen LogP contribution in [0.25, 0.3) is 0 Å². The molecule has 7 nitrogen and oxygen atoms in total. The zero-order chi connectivity index (χ0) is 15.9. The Kier molecular flexibility index (Phi) is 4.86. The fourth-order valence-electron chi connectivity index (χ4n) is 1.47.